The van der Waals surface area contributed by atoms with Crippen LogP contribution in [0.2, 0.25) is 0 Å². The lowest BCUT2D eigenvalue weighted by atomic mass is 10.0. The van der Waals surface area contributed by atoms with Gasteiger partial charge in [0.05, 0.1) is 11.7 Å². The maximum absolute atomic E-state index is 12.8. The van der Waals surface area contributed by atoms with Crippen molar-refractivity contribution in [1.29, 1.82) is 0 Å². The molecule has 3 heterocycles. The van der Waals surface area contributed by atoms with Crippen molar-refractivity contribution in [2.24, 2.45) is 0 Å². The van der Waals surface area contributed by atoms with E-state index in [9.17, 15) is 4.79 Å². The predicted molar refractivity (Wildman–Crippen MR) is 146 cm³/mol. The molecule has 4 aromatic rings. The third-order valence-electron chi connectivity index (χ3n) is 6.05. The Kier molecular flexibility index (Phi) is 7.34. The largest absolute Gasteiger partial charge is 0.452 e. The fraction of sp³-hybridized carbons (Fsp3) is 0.179. The minimum Gasteiger partial charge on any atom is -0.452 e. The summed E-state index contributed by atoms with van der Waals surface area (Å²) in [5.41, 5.74) is 2.71. The number of benzene rings is 2. The molecule has 5 rings (SSSR count). The number of nitrogens with zero attached hydrogens (tertiary/aromatic N) is 2. The summed E-state index contributed by atoms with van der Waals surface area (Å²) in [5.74, 6) is 0.711. The van der Waals surface area contributed by atoms with Gasteiger partial charge in [-0.3, -0.25) is 9.78 Å². The average Bonchev–Trinajstić information content (AvgIpc) is 3.49. The Bertz CT molecular complexity index is 1340. The Morgan fingerprint density at radius 1 is 1.06 bits per heavy atom. The van der Waals surface area contributed by atoms with Gasteiger partial charge in [0.15, 0.2) is 10.2 Å². The normalized spacial score (nSPS) is 17.1. The van der Waals surface area contributed by atoms with Crippen molar-refractivity contribution < 1.29 is 9.21 Å². The van der Waals surface area contributed by atoms with Crippen LogP contribution < -0.4 is 10.6 Å². The van der Waals surface area contributed by atoms with Crippen LogP contribution in [-0.4, -0.2) is 27.4 Å². The molecular formula is C28H26N4O2S2. The van der Waals surface area contributed by atoms with E-state index in [1.165, 1.54) is 0 Å². The molecule has 2 N–H and O–H groups in total. The molecule has 1 aliphatic heterocycles. The van der Waals surface area contributed by atoms with E-state index in [4.69, 9.17) is 16.6 Å². The predicted octanol–water partition coefficient (Wildman–Crippen LogP) is 6.14. The fourth-order valence-corrected chi connectivity index (χ4v) is 5.39. The summed E-state index contributed by atoms with van der Waals surface area (Å²) in [6, 6.07) is 27.2. The second-order valence-electron chi connectivity index (χ2n) is 8.51. The number of furan rings is 1. The van der Waals surface area contributed by atoms with E-state index in [0.29, 0.717) is 11.7 Å². The first-order valence-corrected chi connectivity index (χ1v) is 13.0. The fourth-order valence-electron chi connectivity index (χ4n) is 4.26. The van der Waals surface area contributed by atoms with E-state index < -0.39 is 0 Å². The van der Waals surface area contributed by atoms with Gasteiger partial charge >= 0.3 is 0 Å². The number of para-hydroxylation sites is 1. The van der Waals surface area contributed by atoms with Gasteiger partial charge in [0.2, 0.25) is 5.91 Å². The third kappa shape index (κ3) is 5.45. The highest BCUT2D eigenvalue weighted by Crippen LogP contribution is 2.41. The molecule has 0 unspecified atom stereocenters. The van der Waals surface area contributed by atoms with Crippen LogP contribution in [0.15, 0.2) is 106 Å². The summed E-state index contributed by atoms with van der Waals surface area (Å²) >= 11 is 7.29. The van der Waals surface area contributed by atoms with Crippen molar-refractivity contribution >= 4 is 40.7 Å². The molecule has 0 bridgehead atoms. The number of aryl methyl sites for hydroxylation is 1. The maximum Gasteiger partial charge on any atom is 0.226 e. The van der Waals surface area contributed by atoms with Crippen LogP contribution in [0.4, 0.5) is 5.69 Å². The van der Waals surface area contributed by atoms with E-state index in [1.807, 2.05) is 84.6 Å². The van der Waals surface area contributed by atoms with E-state index in [2.05, 4.69) is 27.8 Å². The highest BCUT2D eigenvalue weighted by molar-refractivity contribution is 7.99. The van der Waals surface area contributed by atoms with Crippen molar-refractivity contribution in [3.63, 3.8) is 0 Å². The number of hydrogen-bond acceptors (Lipinski definition) is 5. The zero-order chi connectivity index (χ0) is 24.9. The molecule has 0 radical (unpaired) electrons. The van der Waals surface area contributed by atoms with Crippen LogP contribution in [0, 0.1) is 6.92 Å². The van der Waals surface area contributed by atoms with E-state index in [-0.39, 0.29) is 24.4 Å². The highest BCUT2D eigenvalue weighted by Gasteiger charge is 2.41. The lowest BCUT2D eigenvalue weighted by Gasteiger charge is -2.25. The molecule has 6 nitrogen and oxygen atoms in total. The smallest absolute Gasteiger partial charge is 0.226 e. The first-order valence-electron chi connectivity index (χ1n) is 11.7. The second-order valence-corrected chi connectivity index (χ2v) is 9.97. The van der Waals surface area contributed by atoms with Crippen LogP contribution in [-0.2, 0) is 4.79 Å². The lowest BCUT2D eigenvalue weighted by molar-refractivity contribution is -0.116. The van der Waals surface area contributed by atoms with E-state index in [0.717, 1.165) is 32.7 Å². The monoisotopic (exact) mass is 514 g/mol. The van der Waals surface area contributed by atoms with Gasteiger partial charge in [-0.2, -0.15) is 0 Å². The van der Waals surface area contributed by atoms with Gasteiger partial charge in [-0.1, -0.05) is 54.2 Å². The summed E-state index contributed by atoms with van der Waals surface area (Å²) in [6.07, 6.45) is 2.06. The zero-order valence-corrected chi connectivity index (χ0v) is 21.4. The minimum absolute atomic E-state index is 0.0631. The van der Waals surface area contributed by atoms with Gasteiger partial charge < -0.3 is 20.0 Å². The number of rotatable bonds is 8. The molecule has 0 aliphatic carbocycles. The van der Waals surface area contributed by atoms with Gasteiger partial charge in [0, 0.05) is 29.7 Å². The standard InChI is InChI=1S/C28H26N4O2S2/c1-19-9-5-6-12-21(19)30-24(33)16-18-32-27(26(31-28(32)35)22-13-7-8-17-29-22)23-14-15-25(34-23)36-20-10-3-2-4-11-20/h2-15,17,26-27H,16,18H2,1H3,(H,30,33)(H,31,35)/t26-,27-/m1/s1. The van der Waals surface area contributed by atoms with Crippen LogP contribution in [0.25, 0.3) is 0 Å². The summed E-state index contributed by atoms with van der Waals surface area (Å²) in [5, 5.41) is 7.79. The summed E-state index contributed by atoms with van der Waals surface area (Å²) < 4.78 is 6.31. The van der Waals surface area contributed by atoms with Crippen molar-refractivity contribution in [1.82, 2.24) is 15.2 Å². The highest BCUT2D eigenvalue weighted by atomic mass is 32.2. The van der Waals surface area contributed by atoms with Crippen molar-refractivity contribution in [2.45, 2.75) is 35.4 Å². The molecular weight excluding hydrogens is 488 g/mol. The van der Waals surface area contributed by atoms with Gasteiger partial charge in [-0.25, -0.2) is 0 Å². The minimum atomic E-state index is -0.233. The van der Waals surface area contributed by atoms with Crippen molar-refractivity contribution in [3.05, 3.63) is 108 Å². The van der Waals surface area contributed by atoms with Gasteiger partial charge in [-0.15, -0.1) is 0 Å². The number of nitrogens with one attached hydrogen (secondary N) is 2. The number of aromatic nitrogens is 1. The quantitative estimate of drug-likeness (QED) is 0.274. The summed E-state index contributed by atoms with van der Waals surface area (Å²) in [7, 11) is 0. The molecule has 1 fully saturated rings. The molecule has 2 aromatic carbocycles. The molecule has 1 aliphatic rings. The van der Waals surface area contributed by atoms with Gasteiger partial charge in [-0.05, 0) is 67.2 Å². The number of pyridine rings is 1. The molecule has 1 amide bonds. The van der Waals surface area contributed by atoms with E-state index >= 15 is 0 Å². The number of carbonyl (C=O) groups excluding carboxylic acids is 1. The SMILES string of the molecule is Cc1ccccc1NC(=O)CCN1C(=S)N[C@H](c2ccccn2)[C@H]1c1ccc(Sc2ccccc2)o1. The van der Waals surface area contributed by atoms with Crippen LogP contribution in [0.3, 0.4) is 0 Å². The lowest BCUT2D eigenvalue weighted by Crippen LogP contribution is -2.32. The molecule has 182 valence electrons. The zero-order valence-electron chi connectivity index (χ0n) is 19.8. The number of thiocarbonyl (C=S) groups is 1. The molecule has 8 heteroatoms. The van der Waals surface area contributed by atoms with Crippen molar-refractivity contribution in [2.75, 3.05) is 11.9 Å². The Hall–Kier alpha value is -3.62. The van der Waals surface area contributed by atoms with Crippen LogP contribution in [0.5, 0.6) is 0 Å². The van der Waals surface area contributed by atoms with Crippen LogP contribution >= 0.6 is 24.0 Å². The number of amides is 1. The number of hydrogen-bond donors (Lipinski definition) is 2. The molecule has 2 aromatic heterocycles. The Morgan fingerprint density at radius 2 is 1.83 bits per heavy atom. The summed E-state index contributed by atoms with van der Waals surface area (Å²) in [4.78, 5) is 20.5. The van der Waals surface area contributed by atoms with E-state index in [1.54, 1.807) is 18.0 Å². The topological polar surface area (TPSA) is 70.4 Å². The third-order valence-corrected chi connectivity index (χ3v) is 7.33. The molecule has 2 atom stereocenters. The Balaban J connectivity index is 1.36. The van der Waals surface area contributed by atoms with Gasteiger partial charge in [0.1, 0.15) is 11.8 Å². The molecule has 0 spiro atoms. The maximum atomic E-state index is 12.8. The molecule has 36 heavy (non-hydrogen) atoms. The molecule has 1 saturated heterocycles. The molecule has 0 saturated carbocycles. The van der Waals surface area contributed by atoms with Gasteiger partial charge in [0.25, 0.3) is 0 Å². The Morgan fingerprint density at radius 3 is 2.61 bits per heavy atom. The van der Waals surface area contributed by atoms with Crippen molar-refractivity contribution in [3.8, 4) is 0 Å². The first kappa shape index (κ1) is 24.1. The van der Waals surface area contributed by atoms with Crippen LogP contribution in [0.1, 0.15) is 35.5 Å². The summed E-state index contributed by atoms with van der Waals surface area (Å²) in [6.45, 7) is 2.42. The number of anilines is 1. The first-order chi connectivity index (χ1) is 17.6. The Labute approximate surface area is 220 Å². The second kappa shape index (κ2) is 11.0. The number of carbonyl (C=O) groups is 1. The average molecular weight is 515 g/mol.